The molecule has 264 valence electrons. The van der Waals surface area contributed by atoms with Crippen molar-refractivity contribution in [2.45, 2.75) is 44.8 Å². The topological polar surface area (TPSA) is 60.8 Å². The summed E-state index contributed by atoms with van der Waals surface area (Å²) in [6, 6.07) is 55.9. The van der Waals surface area contributed by atoms with Crippen molar-refractivity contribution >= 4 is 44.8 Å². The maximum Gasteiger partial charge on any atom is 0.403 e. The van der Waals surface area contributed by atoms with E-state index < -0.39 is 29.1 Å². The summed E-state index contributed by atoms with van der Waals surface area (Å²) in [6.45, 7) is 8.66. The van der Waals surface area contributed by atoms with Gasteiger partial charge in [-0.2, -0.15) is 4.67 Å². The first kappa shape index (κ1) is 36.6. The molecule has 3 atom stereocenters. The van der Waals surface area contributed by atoms with E-state index in [1.165, 1.54) is 43.5 Å². The highest BCUT2D eigenvalue weighted by Crippen LogP contribution is 2.67. The van der Waals surface area contributed by atoms with E-state index in [1.54, 1.807) is 4.67 Å². The van der Waals surface area contributed by atoms with Crippen LogP contribution < -0.4 is 21.2 Å². The Hall–Kier alpha value is -3.71. The van der Waals surface area contributed by atoms with Gasteiger partial charge in [0.2, 0.25) is 0 Å². The number of hydrogen-bond donors (Lipinski definition) is 2. The quantitative estimate of drug-likeness (QED) is 0.138. The number of benzene rings is 6. The van der Waals surface area contributed by atoms with Gasteiger partial charge in [0.25, 0.3) is 0 Å². The monoisotopic (exact) mass is 741 g/mol. The Kier molecular flexibility index (Phi) is 10.8. The minimum absolute atomic E-state index is 0.122. The van der Waals surface area contributed by atoms with E-state index >= 15 is 0 Å². The number of nitrogens with zero attached hydrogens (tertiary/aromatic N) is 1. The van der Waals surface area contributed by atoms with Gasteiger partial charge in [-0.15, -0.1) is 0 Å². The molecule has 0 radical (unpaired) electrons. The molecule has 7 rings (SSSR count). The molecule has 0 spiro atoms. The zero-order valence-electron chi connectivity index (χ0n) is 30.2. The summed E-state index contributed by atoms with van der Waals surface area (Å²) < 4.78 is 15.9. The highest BCUT2D eigenvalue weighted by molar-refractivity contribution is 7.74. The van der Waals surface area contributed by atoms with Crippen LogP contribution in [-0.2, 0) is 10.1 Å². The Morgan fingerprint density at radius 3 is 1.37 bits per heavy atom. The lowest BCUT2D eigenvalue weighted by Gasteiger charge is -2.46. The second kappa shape index (κ2) is 15.3. The molecule has 0 bridgehead atoms. The van der Waals surface area contributed by atoms with Gasteiger partial charge in [0, 0.05) is 18.1 Å². The van der Waals surface area contributed by atoms with E-state index in [-0.39, 0.29) is 18.1 Å². The van der Waals surface area contributed by atoms with Gasteiger partial charge in [-0.1, -0.05) is 180 Å². The third-order valence-electron chi connectivity index (χ3n) is 10.5. The lowest BCUT2D eigenvalue weighted by molar-refractivity contribution is 0.187. The number of rotatable bonds is 10. The van der Waals surface area contributed by atoms with Crippen molar-refractivity contribution < 1.29 is 14.4 Å². The zero-order valence-corrected chi connectivity index (χ0v) is 32.9. The fraction of sp³-hybridized carbons (Fsp3) is 0.200. The Morgan fingerprint density at radius 1 is 0.577 bits per heavy atom. The van der Waals surface area contributed by atoms with Crippen LogP contribution in [0.3, 0.4) is 0 Å². The fourth-order valence-corrected chi connectivity index (χ4v) is 15.1. The molecule has 1 aliphatic heterocycles. The molecule has 4 nitrogen and oxygen atoms in total. The van der Waals surface area contributed by atoms with Crippen molar-refractivity contribution in [3.05, 3.63) is 191 Å². The molecule has 0 aliphatic carbocycles. The van der Waals surface area contributed by atoms with Gasteiger partial charge in [-0.25, -0.2) is 4.57 Å². The molecule has 7 heteroatoms. The molecule has 0 saturated carbocycles. The first-order valence-electron chi connectivity index (χ1n) is 17.8. The summed E-state index contributed by atoms with van der Waals surface area (Å²) in [5.74, 6) is -0.252. The van der Waals surface area contributed by atoms with E-state index in [1.807, 2.05) is 24.3 Å². The molecule has 1 heterocycles. The molecule has 1 aliphatic rings. The Morgan fingerprint density at radius 2 is 0.962 bits per heavy atom. The second-order valence-corrected chi connectivity index (χ2v) is 20.3. The Balaban J connectivity index is 1.54. The van der Waals surface area contributed by atoms with Crippen LogP contribution in [0.5, 0.6) is 0 Å². The van der Waals surface area contributed by atoms with Crippen LogP contribution in [0.15, 0.2) is 158 Å². The summed E-state index contributed by atoms with van der Waals surface area (Å²) in [5.41, 5.74) is 5.60. The van der Waals surface area contributed by atoms with E-state index in [0.717, 1.165) is 11.1 Å². The van der Waals surface area contributed by atoms with Crippen molar-refractivity contribution in [1.29, 1.82) is 0 Å². The molecule has 2 N–H and O–H groups in total. The highest BCUT2D eigenvalue weighted by Gasteiger charge is 2.62. The SMILES string of the molecule is Cc1ccc(P(C[C@@]2(c3ccccc3)C(c3ccccc3)[C@H](P(c3ccc(C)cc3)c3ccc(C)cc3)CN2P(=O)(O)O)c2ccc(C)cc2)cc1. The summed E-state index contributed by atoms with van der Waals surface area (Å²) in [6.07, 6.45) is 0.532. The minimum Gasteiger partial charge on any atom is -0.312 e. The smallest absolute Gasteiger partial charge is 0.312 e. The number of hydrogen-bond acceptors (Lipinski definition) is 1. The lowest BCUT2D eigenvalue weighted by atomic mass is 9.76. The van der Waals surface area contributed by atoms with Gasteiger partial charge in [-0.3, -0.25) is 0 Å². The second-order valence-electron chi connectivity index (χ2n) is 14.1. The van der Waals surface area contributed by atoms with Crippen LogP contribution in [-0.4, -0.2) is 32.8 Å². The van der Waals surface area contributed by atoms with Crippen molar-refractivity contribution in [3.63, 3.8) is 0 Å². The van der Waals surface area contributed by atoms with Gasteiger partial charge >= 0.3 is 7.75 Å². The Bertz CT molecular complexity index is 2050. The molecule has 1 saturated heterocycles. The summed E-state index contributed by atoms with van der Waals surface area (Å²) in [4.78, 5) is 23.3. The van der Waals surface area contributed by atoms with Gasteiger partial charge in [0.05, 0.1) is 5.54 Å². The van der Waals surface area contributed by atoms with Crippen LogP contribution in [0.4, 0.5) is 0 Å². The highest BCUT2D eigenvalue weighted by atomic mass is 31.2. The predicted molar refractivity (Wildman–Crippen MR) is 222 cm³/mol. The van der Waals surface area contributed by atoms with Gasteiger partial charge < -0.3 is 9.79 Å². The standard InChI is InChI=1S/C45H46NO3P3/c1-33-15-23-39(24-16-33)50(40-25-17-34(2)18-26-40)32-45(38-13-9-6-10-14-38)44(37-11-7-5-8-12-37)43(31-46(45)52(47,48)49)51(41-27-19-35(3)20-28-41)42-29-21-36(4)22-30-42/h5-30,43-44H,31-32H2,1-4H3,(H2,47,48,49)/t43-,44?,45-/m1/s1. The van der Waals surface area contributed by atoms with Crippen LogP contribution in [0.25, 0.3) is 0 Å². The molecule has 6 aromatic rings. The van der Waals surface area contributed by atoms with Crippen LogP contribution in [0, 0.1) is 27.7 Å². The third kappa shape index (κ3) is 7.40. The average molecular weight is 742 g/mol. The van der Waals surface area contributed by atoms with Crippen LogP contribution in [0.2, 0.25) is 0 Å². The van der Waals surface area contributed by atoms with Gasteiger partial charge in [-0.05, 0) is 82.0 Å². The first-order valence-corrected chi connectivity index (χ1v) is 22.3. The third-order valence-corrected chi connectivity index (χ3v) is 17.1. The average Bonchev–Trinajstić information content (AvgIpc) is 3.50. The molecule has 0 amide bonds. The van der Waals surface area contributed by atoms with Crippen molar-refractivity contribution in [2.75, 3.05) is 12.7 Å². The summed E-state index contributed by atoms with van der Waals surface area (Å²) >= 11 is 0. The zero-order chi connectivity index (χ0) is 36.5. The van der Waals surface area contributed by atoms with Crippen molar-refractivity contribution in [1.82, 2.24) is 4.67 Å². The largest absolute Gasteiger partial charge is 0.403 e. The number of aryl methyl sites for hydroxylation is 4. The summed E-state index contributed by atoms with van der Waals surface area (Å²) in [7, 11) is -7.00. The fourth-order valence-electron chi connectivity index (χ4n) is 7.94. The lowest BCUT2D eigenvalue weighted by Crippen LogP contribution is -2.47. The molecule has 52 heavy (non-hydrogen) atoms. The normalized spacial score (nSPS) is 19.4. The van der Waals surface area contributed by atoms with E-state index in [4.69, 9.17) is 0 Å². The molecule has 6 aromatic carbocycles. The van der Waals surface area contributed by atoms with Crippen molar-refractivity contribution in [3.8, 4) is 0 Å². The molecule has 1 fully saturated rings. The summed E-state index contributed by atoms with van der Waals surface area (Å²) in [5, 5.41) is 4.81. The molecular weight excluding hydrogens is 695 g/mol. The van der Waals surface area contributed by atoms with Crippen LogP contribution >= 0.6 is 23.6 Å². The molecule has 1 unspecified atom stereocenters. The van der Waals surface area contributed by atoms with E-state index in [9.17, 15) is 14.4 Å². The maximum atomic E-state index is 14.3. The molecule has 0 aromatic heterocycles. The Labute approximate surface area is 311 Å². The minimum atomic E-state index is -4.83. The maximum absolute atomic E-state index is 14.3. The van der Waals surface area contributed by atoms with E-state index in [2.05, 4.69) is 161 Å². The molecular formula is C45H46NO3P3. The van der Waals surface area contributed by atoms with E-state index in [0.29, 0.717) is 6.16 Å². The first-order chi connectivity index (χ1) is 25.0. The van der Waals surface area contributed by atoms with Gasteiger partial charge in [0.15, 0.2) is 0 Å². The predicted octanol–water partition coefficient (Wildman–Crippen LogP) is 8.94. The van der Waals surface area contributed by atoms with Crippen molar-refractivity contribution in [2.24, 2.45) is 0 Å². The van der Waals surface area contributed by atoms with Gasteiger partial charge in [0.1, 0.15) is 0 Å². The van der Waals surface area contributed by atoms with Crippen LogP contribution in [0.1, 0.15) is 39.3 Å².